The molecule has 4 heteroatoms. The lowest BCUT2D eigenvalue weighted by Crippen LogP contribution is -2.02. The number of ketones is 1. The van der Waals surface area contributed by atoms with Gasteiger partial charge in [-0.05, 0) is 32.3 Å². The highest BCUT2D eigenvalue weighted by Crippen LogP contribution is 2.24. The Hall–Kier alpha value is -1.68. The van der Waals surface area contributed by atoms with Gasteiger partial charge in [-0.1, -0.05) is 30.7 Å². The molecule has 0 bridgehead atoms. The van der Waals surface area contributed by atoms with Gasteiger partial charge in [-0.25, -0.2) is 0 Å². The van der Waals surface area contributed by atoms with Crippen LogP contribution in [0.15, 0.2) is 36.0 Å². The number of carboxylic acid groups (broad SMARTS) is 1. The summed E-state index contributed by atoms with van der Waals surface area (Å²) in [6.45, 7) is 1.67. The van der Waals surface area contributed by atoms with Gasteiger partial charge in [0.1, 0.15) is 0 Å². The molecule has 110 valence electrons. The van der Waals surface area contributed by atoms with Crippen LogP contribution in [0.25, 0.3) is 0 Å². The van der Waals surface area contributed by atoms with Crippen molar-refractivity contribution in [3.05, 3.63) is 36.0 Å². The first-order valence-electron chi connectivity index (χ1n) is 7.01. The second-order valence-electron chi connectivity index (χ2n) is 5.03. The Morgan fingerprint density at radius 1 is 1.40 bits per heavy atom. The van der Waals surface area contributed by atoms with Crippen LogP contribution < -0.4 is 0 Å². The van der Waals surface area contributed by atoms with E-state index in [2.05, 4.69) is 0 Å². The van der Waals surface area contributed by atoms with Crippen LogP contribution in [0.5, 0.6) is 0 Å². The first-order valence-corrected chi connectivity index (χ1v) is 7.01. The molecule has 0 aromatic carbocycles. The van der Waals surface area contributed by atoms with Gasteiger partial charge in [0.05, 0.1) is 6.10 Å². The minimum atomic E-state index is -0.762. The van der Waals surface area contributed by atoms with Crippen molar-refractivity contribution in [2.45, 2.75) is 45.1 Å². The summed E-state index contributed by atoms with van der Waals surface area (Å²) in [5.41, 5.74) is 0.750. The van der Waals surface area contributed by atoms with Gasteiger partial charge in [-0.3, -0.25) is 9.59 Å². The minimum absolute atomic E-state index is 0.0239. The zero-order valence-corrected chi connectivity index (χ0v) is 11.8. The fraction of sp³-hybridized carbons (Fsp3) is 0.500. The maximum Gasteiger partial charge on any atom is 0.303 e. The van der Waals surface area contributed by atoms with Gasteiger partial charge < -0.3 is 10.2 Å². The summed E-state index contributed by atoms with van der Waals surface area (Å²) in [6, 6.07) is 0. The molecule has 2 atom stereocenters. The highest BCUT2D eigenvalue weighted by molar-refractivity contribution is 6.07. The average molecular weight is 278 g/mol. The fourth-order valence-electron chi connectivity index (χ4n) is 2.10. The van der Waals surface area contributed by atoms with E-state index in [0.29, 0.717) is 6.42 Å². The summed E-state index contributed by atoms with van der Waals surface area (Å²) in [5, 5.41) is 17.7. The molecule has 0 amide bonds. The molecule has 1 rings (SSSR count). The van der Waals surface area contributed by atoms with Crippen LogP contribution in [0, 0.1) is 5.92 Å². The SMILES string of the molecule is CC(O)/C=C/C1C=CC(=O)/C1=C\CCCCCC(=O)O. The Kier molecular flexibility index (Phi) is 6.94. The maximum atomic E-state index is 11.7. The van der Waals surface area contributed by atoms with Crippen LogP contribution in [0.2, 0.25) is 0 Å². The molecule has 0 aromatic heterocycles. The van der Waals surface area contributed by atoms with Crippen molar-refractivity contribution in [3.63, 3.8) is 0 Å². The van der Waals surface area contributed by atoms with E-state index in [1.807, 2.05) is 18.2 Å². The van der Waals surface area contributed by atoms with Gasteiger partial charge in [0.2, 0.25) is 0 Å². The molecular weight excluding hydrogens is 256 g/mol. The average Bonchev–Trinajstić information content (AvgIpc) is 2.72. The third-order valence-corrected chi connectivity index (χ3v) is 3.15. The van der Waals surface area contributed by atoms with E-state index < -0.39 is 12.1 Å². The molecule has 4 nitrogen and oxygen atoms in total. The number of aliphatic hydroxyl groups excluding tert-OH is 1. The minimum Gasteiger partial charge on any atom is -0.481 e. The zero-order valence-electron chi connectivity index (χ0n) is 11.8. The molecule has 0 heterocycles. The number of rotatable bonds is 8. The second kappa shape index (κ2) is 8.48. The molecule has 2 unspecified atom stereocenters. The zero-order chi connectivity index (χ0) is 15.0. The van der Waals surface area contributed by atoms with E-state index in [9.17, 15) is 14.7 Å². The Labute approximate surface area is 119 Å². The van der Waals surface area contributed by atoms with E-state index in [-0.39, 0.29) is 18.1 Å². The van der Waals surface area contributed by atoms with Crippen LogP contribution in [0.4, 0.5) is 0 Å². The first-order chi connectivity index (χ1) is 9.50. The maximum absolute atomic E-state index is 11.7. The lowest BCUT2D eigenvalue weighted by molar-refractivity contribution is -0.137. The molecule has 1 aliphatic rings. The van der Waals surface area contributed by atoms with Crippen molar-refractivity contribution in [1.29, 1.82) is 0 Å². The molecule has 1 aliphatic carbocycles. The molecule has 20 heavy (non-hydrogen) atoms. The molecule has 0 radical (unpaired) electrons. The van der Waals surface area contributed by atoms with Crippen LogP contribution in [0.3, 0.4) is 0 Å². The fourth-order valence-corrected chi connectivity index (χ4v) is 2.10. The van der Waals surface area contributed by atoms with E-state index in [4.69, 9.17) is 5.11 Å². The number of aliphatic hydroxyl groups is 1. The van der Waals surface area contributed by atoms with Crippen molar-refractivity contribution in [2.75, 3.05) is 0 Å². The van der Waals surface area contributed by atoms with Crippen LogP contribution >= 0.6 is 0 Å². The highest BCUT2D eigenvalue weighted by Gasteiger charge is 2.20. The van der Waals surface area contributed by atoms with E-state index in [1.165, 1.54) is 0 Å². The van der Waals surface area contributed by atoms with Gasteiger partial charge in [-0.2, -0.15) is 0 Å². The Morgan fingerprint density at radius 3 is 2.80 bits per heavy atom. The van der Waals surface area contributed by atoms with Gasteiger partial charge in [0.15, 0.2) is 5.78 Å². The number of carbonyl (C=O) groups excluding carboxylic acids is 1. The molecule has 0 aliphatic heterocycles. The predicted molar refractivity (Wildman–Crippen MR) is 77.3 cm³/mol. The summed E-state index contributed by atoms with van der Waals surface area (Å²) in [7, 11) is 0. The third kappa shape index (κ3) is 5.97. The largest absolute Gasteiger partial charge is 0.481 e. The summed E-state index contributed by atoms with van der Waals surface area (Å²) in [6.07, 6.45) is 11.7. The van der Waals surface area contributed by atoms with Crippen molar-refractivity contribution in [2.24, 2.45) is 5.92 Å². The van der Waals surface area contributed by atoms with Gasteiger partial charge in [0, 0.05) is 17.9 Å². The normalized spacial score (nSPS) is 22.0. The van der Waals surface area contributed by atoms with Gasteiger partial charge >= 0.3 is 5.97 Å². The molecule has 2 N–H and O–H groups in total. The molecule has 0 saturated carbocycles. The van der Waals surface area contributed by atoms with Crippen molar-refractivity contribution in [3.8, 4) is 0 Å². The molecule has 0 fully saturated rings. The van der Waals surface area contributed by atoms with E-state index >= 15 is 0 Å². The lowest BCUT2D eigenvalue weighted by Gasteiger charge is -2.06. The summed E-state index contributed by atoms with van der Waals surface area (Å²) in [5.74, 6) is -0.784. The number of aliphatic carboxylic acids is 1. The van der Waals surface area contributed by atoms with Crippen LogP contribution in [-0.2, 0) is 9.59 Å². The topological polar surface area (TPSA) is 74.6 Å². The standard InChI is InChI=1S/C16H22O4/c1-12(17)8-9-13-10-11-15(18)14(13)6-4-2-3-5-7-16(19)20/h6,8-13,17H,2-5,7H2,1H3,(H,19,20)/b9-8+,14-6-. The number of unbranched alkanes of at least 4 members (excludes halogenated alkanes) is 3. The highest BCUT2D eigenvalue weighted by atomic mass is 16.4. The Morgan fingerprint density at radius 2 is 2.15 bits per heavy atom. The smallest absolute Gasteiger partial charge is 0.303 e. The van der Waals surface area contributed by atoms with Crippen LogP contribution in [0.1, 0.15) is 39.0 Å². The van der Waals surface area contributed by atoms with Crippen molar-refractivity contribution >= 4 is 11.8 Å². The van der Waals surface area contributed by atoms with Crippen LogP contribution in [-0.4, -0.2) is 28.1 Å². The number of carboxylic acids is 1. The lowest BCUT2D eigenvalue weighted by atomic mass is 9.99. The third-order valence-electron chi connectivity index (χ3n) is 3.15. The van der Waals surface area contributed by atoms with E-state index in [1.54, 1.807) is 19.1 Å². The second-order valence-corrected chi connectivity index (χ2v) is 5.03. The summed E-state index contributed by atoms with van der Waals surface area (Å²) < 4.78 is 0. The van der Waals surface area contributed by atoms with E-state index in [0.717, 1.165) is 24.8 Å². The number of hydrogen-bond acceptors (Lipinski definition) is 3. The molecule has 0 saturated heterocycles. The summed E-state index contributed by atoms with van der Waals surface area (Å²) in [4.78, 5) is 22.1. The van der Waals surface area contributed by atoms with Crippen molar-refractivity contribution < 1.29 is 19.8 Å². The number of carbonyl (C=O) groups is 2. The Balaban J connectivity index is 2.40. The monoisotopic (exact) mass is 278 g/mol. The van der Waals surface area contributed by atoms with Crippen molar-refractivity contribution in [1.82, 2.24) is 0 Å². The predicted octanol–water partition coefficient (Wildman–Crippen LogP) is 2.64. The van der Waals surface area contributed by atoms with Gasteiger partial charge in [0.25, 0.3) is 0 Å². The summed E-state index contributed by atoms with van der Waals surface area (Å²) >= 11 is 0. The molecule has 0 aromatic rings. The quantitative estimate of drug-likeness (QED) is 0.406. The first kappa shape index (κ1) is 16.4. The molecular formula is C16H22O4. The molecule has 0 spiro atoms. The van der Waals surface area contributed by atoms with Gasteiger partial charge in [-0.15, -0.1) is 0 Å². The Bertz CT molecular complexity index is 430. The number of allylic oxidation sites excluding steroid dienone is 5. The number of hydrogen-bond donors (Lipinski definition) is 2.